The van der Waals surface area contributed by atoms with E-state index in [1.807, 2.05) is 0 Å². The average molecular weight is 687 g/mol. The summed E-state index contributed by atoms with van der Waals surface area (Å²) in [6.45, 7) is 4.39. The lowest BCUT2D eigenvalue weighted by atomic mass is 10.0. The van der Waals surface area contributed by atoms with Crippen molar-refractivity contribution < 1.29 is 4.79 Å². The third-order valence-corrected chi connectivity index (χ3v) is 11.0. The van der Waals surface area contributed by atoms with E-state index in [1.165, 1.54) is 215 Å². The van der Waals surface area contributed by atoms with Gasteiger partial charge in [0.05, 0.1) is 0 Å². The van der Waals surface area contributed by atoms with E-state index in [0.29, 0.717) is 5.78 Å². The lowest BCUT2D eigenvalue weighted by molar-refractivity contribution is -0.119. The van der Waals surface area contributed by atoms with E-state index >= 15 is 0 Å². The fraction of sp³-hybridized carbons (Fsp3) is 0.735. The first-order chi connectivity index (χ1) is 24.6. The summed E-state index contributed by atoms with van der Waals surface area (Å²) in [5.74, 6) is 0.523. The minimum Gasteiger partial charge on any atom is -0.300 e. The lowest BCUT2D eigenvalue weighted by Crippen LogP contribution is -1.97. The van der Waals surface area contributed by atoms with Crippen LogP contribution in [-0.2, 0) is 17.6 Å². The molecule has 0 heterocycles. The number of hydrogen-bond acceptors (Lipinski definition) is 1. The Morgan fingerprint density at radius 2 is 0.580 bits per heavy atom. The quantitative estimate of drug-likeness (QED) is 0.0652. The van der Waals surface area contributed by atoms with Crippen LogP contribution >= 0.6 is 0 Å². The molecule has 0 fully saturated rings. The van der Waals surface area contributed by atoms with E-state index in [-0.39, 0.29) is 0 Å². The highest BCUT2D eigenvalue weighted by molar-refractivity contribution is 5.78. The Kier molecular flexibility index (Phi) is 29.2. The molecular formula is C49H82O. The molecule has 0 amide bonds. The number of hydrogen-bond donors (Lipinski definition) is 0. The molecule has 2 rings (SSSR count). The molecule has 0 saturated carbocycles. The van der Waals surface area contributed by atoms with Crippen molar-refractivity contribution in [3.05, 3.63) is 70.8 Å². The van der Waals surface area contributed by atoms with Crippen molar-refractivity contribution in [1.82, 2.24) is 0 Å². The highest BCUT2D eigenvalue weighted by atomic mass is 16.1. The van der Waals surface area contributed by atoms with Crippen LogP contribution in [0.1, 0.15) is 228 Å². The number of aryl methyl sites for hydroxylation is 4. The second-order valence-corrected chi connectivity index (χ2v) is 16.1. The molecule has 0 bridgehead atoms. The average Bonchev–Trinajstić information content (AvgIpc) is 3.11. The number of unbranched alkanes of at least 4 members (excludes halogenated alkanes) is 28. The van der Waals surface area contributed by atoms with Crippen LogP contribution in [0.5, 0.6) is 0 Å². The van der Waals surface area contributed by atoms with Gasteiger partial charge in [-0.25, -0.2) is 0 Å². The van der Waals surface area contributed by atoms with E-state index < -0.39 is 0 Å². The second kappa shape index (κ2) is 33.0. The largest absolute Gasteiger partial charge is 0.300 e. The van der Waals surface area contributed by atoms with Crippen molar-refractivity contribution in [3.63, 3.8) is 0 Å². The first-order valence-corrected chi connectivity index (χ1v) is 22.3. The molecule has 0 atom stereocenters. The molecule has 0 unspecified atom stereocenters. The van der Waals surface area contributed by atoms with E-state index in [9.17, 15) is 4.79 Å². The van der Waals surface area contributed by atoms with Gasteiger partial charge in [-0.05, 0) is 63.5 Å². The van der Waals surface area contributed by atoms with Crippen LogP contribution in [0.4, 0.5) is 0 Å². The molecule has 0 aliphatic carbocycles. The molecule has 1 heteroatoms. The first-order valence-electron chi connectivity index (χ1n) is 22.3. The molecule has 2 aromatic rings. The van der Waals surface area contributed by atoms with Crippen LogP contribution in [0, 0.1) is 13.8 Å². The molecule has 0 radical (unpaired) electrons. The summed E-state index contributed by atoms with van der Waals surface area (Å²) in [4.78, 5) is 12.3. The maximum atomic E-state index is 12.3. The Bertz CT molecular complexity index is 955. The van der Waals surface area contributed by atoms with Crippen molar-refractivity contribution >= 4 is 5.78 Å². The van der Waals surface area contributed by atoms with Gasteiger partial charge in [0.25, 0.3) is 0 Å². The fourth-order valence-corrected chi connectivity index (χ4v) is 7.76. The van der Waals surface area contributed by atoms with Gasteiger partial charge in [-0.3, -0.25) is 4.79 Å². The van der Waals surface area contributed by atoms with E-state index in [1.54, 1.807) is 0 Å². The number of carbonyl (C=O) groups excluding carboxylic acids is 1. The number of benzene rings is 2. The maximum Gasteiger partial charge on any atom is 0.132 e. The molecule has 0 N–H and O–H groups in total. The lowest BCUT2D eigenvalue weighted by Gasteiger charge is -2.05. The highest BCUT2D eigenvalue weighted by Crippen LogP contribution is 2.17. The number of carbonyl (C=O) groups is 1. The zero-order valence-corrected chi connectivity index (χ0v) is 33.6. The minimum atomic E-state index is 0.523. The molecular weight excluding hydrogens is 605 g/mol. The molecule has 0 aliphatic heterocycles. The van der Waals surface area contributed by atoms with Crippen LogP contribution in [0.3, 0.4) is 0 Å². The third-order valence-electron chi connectivity index (χ3n) is 11.0. The zero-order chi connectivity index (χ0) is 35.6. The Hall–Kier alpha value is -1.89. The van der Waals surface area contributed by atoms with Crippen molar-refractivity contribution in [2.24, 2.45) is 0 Å². The molecule has 2 aromatic carbocycles. The van der Waals surface area contributed by atoms with Gasteiger partial charge in [0, 0.05) is 12.8 Å². The molecule has 0 aliphatic rings. The van der Waals surface area contributed by atoms with Gasteiger partial charge in [0.1, 0.15) is 5.78 Å². The number of ketones is 1. The van der Waals surface area contributed by atoms with Crippen molar-refractivity contribution in [3.8, 4) is 0 Å². The third kappa shape index (κ3) is 27.8. The van der Waals surface area contributed by atoms with Gasteiger partial charge in [0.15, 0.2) is 0 Å². The monoisotopic (exact) mass is 687 g/mol. The molecule has 0 spiro atoms. The standard InChI is InChI=1S/C49H82O/c1-45-35-33-39-47(43-45)37-29-25-21-17-13-9-5-3-7-11-15-19-23-27-31-41-49(50)42-32-28-24-20-16-12-8-4-6-10-14-18-22-26-30-38-48-40-34-36-46(2)44-48/h33-36,39-40,43-44H,3-32,37-38,41-42H2,1-2H3. The molecule has 0 aromatic heterocycles. The minimum absolute atomic E-state index is 0.523. The zero-order valence-electron chi connectivity index (χ0n) is 33.6. The van der Waals surface area contributed by atoms with Gasteiger partial charge in [-0.2, -0.15) is 0 Å². The molecule has 50 heavy (non-hydrogen) atoms. The van der Waals surface area contributed by atoms with Gasteiger partial charge >= 0.3 is 0 Å². The van der Waals surface area contributed by atoms with Crippen LogP contribution in [-0.4, -0.2) is 5.78 Å². The molecule has 1 nitrogen and oxygen atoms in total. The molecule has 284 valence electrons. The van der Waals surface area contributed by atoms with Crippen molar-refractivity contribution in [2.75, 3.05) is 0 Å². The van der Waals surface area contributed by atoms with E-state index in [2.05, 4.69) is 62.4 Å². The summed E-state index contributed by atoms with van der Waals surface area (Å²) in [6.07, 6.45) is 45.4. The van der Waals surface area contributed by atoms with Crippen LogP contribution in [0.15, 0.2) is 48.5 Å². The summed E-state index contributed by atoms with van der Waals surface area (Å²) in [5.41, 5.74) is 5.80. The van der Waals surface area contributed by atoms with E-state index in [0.717, 1.165) is 25.7 Å². The summed E-state index contributed by atoms with van der Waals surface area (Å²) in [6, 6.07) is 18.0. The summed E-state index contributed by atoms with van der Waals surface area (Å²) in [7, 11) is 0. The number of rotatable bonds is 36. The number of Topliss-reactive ketones (excluding diaryl/α,β-unsaturated/α-hetero) is 1. The fourth-order valence-electron chi connectivity index (χ4n) is 7.76. The van der Waals surface area contributed by atoms with Crippen molar-refractivity contribution in [1.29, 1.82) is 0 Å². The maximum absolute atomic E-state index is 12.3. The Labute approximate surface area is 312 Å². The SMILES string of the molecule is Cc1cccc(CCCCCCCCCCCCCCCCCC(=O)CCCCCCCCCCCCCCCCCc2cccc(C)c2)c1. The van der Waals surface area contributed by atoms with Crippen molar-refractivity contribution in [2.45, 2.75) is 232 Å². The van der Waals surface area contributed by atoms with Gasteiger partial charge in [-0.1, -0.05) is 227 Å². The smallest absolute Gasteiger partial charge is 0.132 e. The van der Waals surface area contributed by atoms with Crippen LogP contribution < -0.4 is 0 Å². The predicted octanol–water partition coefficient (Wildman–Crippen LogP) is 16.1. The summed E-state index contributed by atoms with van der Waals surface area (Å²) in [5, 5.41) is 0. The Morgan fingerprint density at radius 3 is 0.840 bits per heavy atom. The Morgan fingerprint density at radius 1 is 0.340 bits per heavy atom. The normalized spacial score (nSPS) is 11.4. The first kappa shape index (κ1) is 44.3. The van der Waals surface area contributed by atoms with E-state index in [4.69, 9.17) is 0 Å². The second-order valence-electron chi connectivity index (χ2n) is 16.1. The summed E-state index contributed by atoms with van der Waals surface area (Å²) < 4.78 is 0. The topological polar surface area (TPSA) is 17.1 Å². The van der Waals surface area contributed by atoms with Gasteiger partial charge in [0.2, 0.25) is 0 Å². The summed E-state index contributed by atoms with van der Waals surface area (Å²) >= 11 is 0. The Balaban J connectivity index is 1.18. The predicted molar refractivity (Wildman–Crippen MR) is 223 cm³/mol. The highest BCUT2D eigenvalue weighted by Gasteiger charge is 2.03. The van der Waals surface area contributed by atoms with Crippen LogP contribution in [0.25, 0.3) is 0 Å². The van der Waals surface area contributed by atoms with Gasteiger partial charge < -0.3 is 0 Å². The van der Waals surface area contributed by atoms with Crippen LogP contribution in [0.2, 0.25) is 0 Å². The molecule has 0 saturated heterocycles. The van der Waals surface area contributed by atoms with Gasteiger partial charge in [-0.15, -0.1) is 0 Å².